The summed E-state index contributed by atoms with van der Waals surface area (Å²) in [6.45, 7) is 7.46. The standard InChI is InChI=1S/C15H26N6O/c1-3-13-18-17-12-21(13)9-6-16-14(22)20-8-5-15(11-20)4-7-19(2)10-15/h12H,3-11H2,1-2H3,(H,16,22). The summed E-state index contributed by atoms with van der Waals surface area (Å²) in [5.74, 6) is 0.961. The van der Waals surface area contributed by atoms with Crippen LogP contribution < -0.4 is 5.32 Å². The molecule has 3 rings (SSSR count). The summed E-state index contributed by atoms with van der Waals surface area (Å²) in [6, 6.07) is 0.0672. The van der Waals surface area contributed by atoms with E-state index < -0.39 is 0 Å². The second kappa shape index (κ2) is 6.24. The number of hydrogen-bond donors (Lipinski definition) is 1. The zero-order valence-corrected chi connectivity index (χ0v) is 13.6. The van der Waals surface area contributed by atoms with E-state index in [0.717, 1.165) is 51.4 Å². The molecule has 0 aromatic carbocycles. The number of hydrogen-bond acceptors (Lipinski definition) is 4. The fraction of sp³-hybridized carbons (Fsp3) is 0.800. The molecule has 1 unspecified atom stereocenters. The third-order valence-corrected chi connectivity index (χ3v) is 5.00. The van der Waals surface area contributed by atoms with Crippen molar-refractivity contribution >= 4 is 6.03 Å². The molecule has 2 saturated heterocycles. The van der Waals surface area contributed by atoms with Crippen molar-refractivity contribution in [2.75, 3.05) is 39.8 Å². The van der Waals surface area contributed by atoms with Crippen molar-refractivity contribution in [3.63, 3.8) is 0 Å². The fourth-order valence-electron chi connectivity index (χ4n) is 3.73. The van der Waals surface area contributed by atoms with Gasteiger partial charge < -0.3 is 19.7 Å². The highest BCUT2D eigenvalue weighted by atomic mass is 16.2. The summed E-state index contributed by atoms with van der Waals surface area (Å²) in [5, 5.41) is 11.0. The van der Waals surface area contributed by atoms with Crippen molar-refractivity contribution in [2.24, 2.45) is 5.41 Å². The number of amides is 2. The van der Waals surface area contributed by atoms with Gasteiger partial charge in [-0.1, -0.05) is 6.92 Å². The van der Waals surface area contributed by atoms with Crippen molar-refractivity contribution in [3.8, 4) is 0 Å². The Morgan fingerprint density at radius 3 is 2.91 bits per heavy atom. The third-order valence-electron chi connectivity index (χ3n) is 5.00. The van der Waals surface area contributed by atoms with Gasteiger partial charge in [-0.2, -0.15) is 0 Å². The smallest absolute Gasteiger partial charge is 0.317 e. The van der Waals surface area contributed by atoms with Crippen LogP contribution in [0.15, 0.2) is 6.33 Å². The molecular formula is C15H26N6O. The highest BCUT2D eigenvalue weighted by Gasteiger charge is 2.43. The Balaban J connectivity index is 1.45. The molecule has 2 aliphatic heterocycles. The Morgan fingerprint density at radius 2 is 2.18 bits per heavy atom. The number of nitrogens with one attached hydrogen (secondary N) is 1. The van der Waals surface area contributed by atoms with Gasteiger partial charge in [-0.25, -0.2) is 4.79 Å². The van der Waals surface area contributed by atoms with Crippen molar-refractivity contribution in [1.29, 1.82) is 0 Å². The average Bonchev–Trinajstić information content (AvgIpc) is 3.20. The normalized spacial score (nSPS) is 25.3. The van der Waals surface area contributed by atoms with Crippen molar-refractivity contribution in [1.82, 2.24) is 29.9 Å². The van der Waals surface area contributed by atoms with E-state index in [1.807, 2.05) is 9.47 Å². The van der Waals surface area contributed by atoms with Gasteiger partial charge in [-0.15, -0.1) is 10.2 Å². The fourth-order valence-corrected chi connectivity index (χ4v) is 3.73. The summed E-state index contributed by atoms with van der Waals surface area (Å²) in [6.07, 6.45) is 4.93. The van der Waals surface area contributed by atoms with E-state index >= 15 is 0 Å². The highest BCUT2D eigenvalue weighted by molar-refractivity contribution is 5.74. The molecule has 7 heteroatoms. The van der Waals surface area contributed by atoms with E-state index in [-0.39, 0.29) is 6.03 Å². The zero-order chi connectivity index (χ0) is 15.6. The summed E-state index contributed by atoms with van der Waals surface area (Å²) in [7, 11) is 2.17. The molecule has 1 spiro atoms. The van der Waals surface area contributed by atoms with Crippen LogP contribution in [0.4, 0.5) is 4.79 Å². The van der Waals surface area contributed by atoms with Crippen LogP contribution in [0.3, 0.4) is 0 Å². The maximum atomic E-state index is 12.3. The Kier molecular flexibility index (Phi) is 4.33. The third kappa shape index (κ3) is 3.09. The molecule has 0 aliphatic carbocycles. The second-order valence-corrected chi connectivity index (χ2v) is 6.69. The van der Waals surface area contributed by atoms with E-state index in [9.17, 15) is 4.79 Å². The lowest BCUT2D eigenvalue weighted by molar-refractivity contribution is 0.199. The lowest BCUT2D eigenvalue weighted by Gasteiger charge is -2.24. The molecule has 3 heterocycles. The maximum absolute atomic E-state index is 12.3. The quantitative estimate of drug-likeness (QED) is 0.883. The van der Waals surface area contributed by atoms with Gasteiger partial charge in [0.2, 0.25) is 0 Å². The molecule has 122 valence electrons. The van der Waals surface area contributed by atoms with E-state index in [2.05, 4.69) is 34.4 Å². The molecule has 0 bridgehead atoms. The van der Waals surface area contributed by atoms with Gasteiger partial charge in [-0.3, -0.25) is 0 Å². The number of aromatic nitrogens is 3. The van der Waals surface area contributed by atoms with Crippen LogP contribution in [-0.2, 0) is 13.0 Å². The second-order valence-electron chi connectivity index (χ2n) is 6.69. The summed E-state index contributed by atoms with van der Waals surface area (Å²) in [4.78, 5) is 16.7. The van der Waals surface area contributed by atoms with Gasteiger partial charge in [0.05, 0.1) is 0 Å². The molecule has 1 N–H and O–H groups in total. The van der Waals surface area contributed by atoms with Crippen LogP contribution in [0.1, 0.15) is 25.6 Å². The number of rotatable bonds is 4. The number of carbonyl (C=O) groups excluding carboxylic acids is 1. The molecule has 22 heavy (non-hydrogen) atoms. The largest absolute Gasteiger partial charge is 0.336 e. The van der Waals surface area contributed by atoms with Crippen LogP contribution in [0.25, 0.3) is 0 Å². The predicted molar refractivity (Wildman–Crippen MR) is 83.5 cm³/mol. The molecule has 2 aliphatic rings. The van der Waals surface area contributed by atoms with Crippen LogP contribution in [0.5, 0.6) is 0 Å². The number of nitrogens with zero attached hydrogens (tertiary/aromatic N) is 5. The molecular weight excluding hydrogens is 280 g/mol. The molecule has 1 aromatic heterocycles. The monoisotopic (exact) mass is 306 g/mol. The molecule has 2 amide bonds. The topological polar surface area (TPSA) is 66.3 Å². The van der Waals surface area contributed by atoms with Crippen LogP contribution in [0.2, 0.25) is 0 Å². The van der Waals surface area contributed by atoms with Crippen molar-refractivity contribution in [3.05, 3.63) is 12.2 Å². The SMILES string of the molecule is CCc1nncn1CCNC(=O)N1CCC2(CCN(C)C2)C1. The van der Waals surface area contributed by atoms with E-state index in [1.165, 1.54) is 6.42 Å². The van der Waals surface area contributed by atoms with Gasteiger partial charge in [0.15, 0.2) is 0 Å². The Labute approximate surface area is 131 Å². The average molecular weight is 306 g/mol. The van der Waals surface area contributed by atoms with Crippen LogP contribution >= 0.6 is 0 Å². The molecule has 2 fully saturated rings. The molecule has 1 aromatic rings. The first-order valence-electron chi connectivity index (χ1n) is 8.20. The van der Waals surface area contributed by atoms with E-state index in [0.29, 0.717) is 12.0 Å². The minimum Gasteiger partial charge on any atom is -0.336 e. The van der Waals surface area contributed by atoms with Gasteiger partial charge >= 0.3 is 6.03 Å². The maximum Gasteiger partial charge on any atom is 0.317 e. The van der Waals surface area contributed by atoms with E-state index in [4.69, 9.17) is 0 Å². The lowest BCUT2D eigenvalue weighted by atomic mass is 9.86. The number of carbonyl (C=O) groups is 1. The first-order chi connectivity index (χ1) is 10.6. The molecule has 0 radical (unpaired) electrons. The summed E-state index contributed by atoms with van der Waals surface area (Å²) in [5.41, 5.74) is 0.343. The van der Waals surface area contributed by atoms with Gasteiger partial charge in [0, 0.05) is 44.6 Å². The summed E-state index contributed by atoms with van der Waals surface area (Å²) < 4.78 is 2.00. The number of urea groups is 1. The van der Waals surface area contributed by atoms with Crippen molar-refractivity contribution < 1.29 is 4.79 Å². The van der Waals surface area contributed by atoms with Gasteiger partial charge in [0.1, 0.15) is 12.2 Å². The lowest BCUT2D eigenvalue weighted by Crippen LogP contribution is -2.41. The Morgan fingerprint density at radius 1 is 1.36 bits per heavy atom. The molecule has 0 saturated carbocycles. The number of aryl methyl sites for hydroxylation is 1. The predicted octanol–water partition coefficient (Wildman–Crippen LogP) is 0.578. The van der Waals surface area contributed by atoms with E-state index in [1.54, 1.807) is 6.33 Å². The first kappa shape index (κ1) is 15.3. The minimum absolute atomic E-state index is 0.0672. The van der Waals surface area contributed by atoms with Crippen LogP contribution in [-0.4, -0.2) is 70.4 Å². The van der Waals surface area contributed by atoms with Gasteiger partial charge in [-0.05, 0) is 26.4 Å². The minimum atomic E-state index is 0.0672. The summed E-state index contributed by atoms with van der Waals surface area (Å²) >= 11 is 0. The Bertz CT molecular complexity index is 530. The van der Waals surface area contributed by atoms with Crippen LogP contribution in [0, 0.1) is 5.41 Å². The highest BCUT2D eigenvalue weighted by Crippen LogP contribution is 2.38. The molecule has 1 atom stereocenters. The Hall–Kier alpha value is -1.63. The van der Waals surface area contributed by atoms with Crippen molar-refractivity contribution in [2.45, 2.75) is 32.7 Å². The first-order valence-corrected chi connectivity index (χ1v) is 8.20. The molecule has 7 nitrogen and oxygen atoms in total. The van der Waals surface area contributed by atoms with Gasteiger partial charge in [0.25, 0.3) is 0 Å². The number of likely N-dealkylation sites (tertiary alicyclic amines) is 2. The zero-order valence-electron chi connectivity index (χ0n) is 13.6.